The first-order valence-corrected chi connectivity index (χ1v) is 10.8. The molecule has 4 aromatic rings. The van der Waals surface area contributed by atoms with Gasteiger partial charge in [0.2, 0.25) is 0 Å². The van der Waals surface area contributed by atoms with Crippen molar-refractivity contribution in [3.8, 4) is 11.3 Å². The molecule has 7 nitrogen and oxygen atoms in total. The molecule has 8 heteroatoms. The SMILES string of the molecule is O=C(N[C@@H](C(=O)Nc1nc(-c2ccncc2)cs1)c1ccccc1)OCc1ccccc1. The molecule has 160 valence electrons. The van der Waals surface area contributed by atoms with Gasteiger partial charge in [0.1, 0.15) is 12.6 Å². The van der Waals surface area contributed by atoms with Crippen molar-refractivity contribution in [2.45, 2.75) is 12.6 Å². The summed E-state index contributed by atoms with van der Waals surface area (Å²) >= 11 is 1.30. The predicted octanol–water partition coefficient (Wildman–Crippen LogP) is 4.81. The van der Waals surface area contributed by atoms with E-state index in [2.05, 4.69) is 20.6 Å². The maximum Gasteiger partial charge on any atom is 0.408 e. The van der Waals surface area contributed by atoms with Gasteiger partial charge in [-0.15, -0.1) is 11.3 Å². The van der Waals surface area contributed by atoms with Crippen molar-refractivity contribution in [3.05, 3.63) is 102 Å². The number of nitrogens with zero attached hydrogens (tertiary/aromatic N) is 2. The molecule has 0 unspecified atom stereocenters. The van der Waals surface area contributed by atoms with Crippen molar-refractivity contribution in [1.29, 1.82) is 0 Å². The molecule has 2 heterocycles. The van der Waals surface area contributed by atoms with Crippen molar-refractivity contribution >= 4 is 28.5 Å². The van der Waals surface area contributed by atoms with Crippen LogP contribution in [0.1, 0.15) is 17.2 Å². The Morgan fingerprint density at radius 1 is 0.938 bits per heavy atom. The topological polar surface area (TPSA) is 93.2 Å². The monoisotopic (exact) mass is 444 g/mol. The molecule has 32 heavy (non-hydrogen) atoms. The van der Waals surface area contributed by atoms with Crippen molar-refractivity contribution < 1.29 is 14.3 Å². The van der Waals surface area contributed by atoms with E-state index in [1.807, 2.05) is 53.9 Å². The summed E-state index contributed by atoms with van der Waals surface area (Å²) < 4.78 is 5.29. The molecular weight excluding hydrogens is 424 g/mol. The maximum absolute atomic E-state index is 13.0. The van der Waals surface area contributed by atoms with Crippen LogP contribution in [0.5, 0.6) is 0 Å². The highest BCUT2D eigenvalue weighted by atomic mass is 32.1. The summed E-state index contributed by atoms with van der Waals surface area (Å²) in [5.74, 6) is -0.413. The molecule has 2 amide bonds. The molecule has 0 spiro atoms. The molecule has 0 saturated carbocycles. The fourth-order valence-corrected chi connectivity index (χ4v) is 3.71. The molecule has 1 atom stereocenters. The molecule has 2 aromatic heterocycles. The van der Waals surface area contributed by atoms with Gasteiger partial charge in [-0.05, 0) is 23.3 Å². The predicted molar refractivity (Wildman–Crippen MR) is 123 cm³/mol. The van der Waals surface area contributed by atoms with E-state index in [0.29, 0.717) is 10.7 Å². The number of hydrogen-bond acceptors (Lipinski definition) is 6. The zero-order chi connectivity index (χ0) is 22.2. The van der Waals surface area contributed by atoms with E-state index in [-0.39, 0.29) is 6.61 Å². The lowest BCUT2D eigenvalue weighted by atomic mass is 10.1. The third-order valence-electron chi connectivity index (χ3n) is 4.58. The summed E-state index contributed by atoms with van der Waals surface area (Å²) in [5.41, 5.74) is 3.13. The highest BCUT2D eigenvalue weighted by Gasteiger charge is 2.24. The maximum atomic E-state index is 13.0. The van der Waals surface area contributed by atoms with Gasteiger partial charge in [-0.1, -0.05) is 60.7 Å². The second kappa shape index (κ2) is 10.3. The van der Waals surface area contributed by atoms with E-state index >= 15 is 0 Å². The number of hydrogen-bond donors (Lipinski definition) is 2. The largest absolute Gasteiger partial charge is 0.445 e. The standard InChI is InChI=1S/C24H20N4O3S/c29-22(28-23-26-20(16-32-23)18-11-13-25-14-12-18)21(19-9-5-2-6-10-19)27-24(30)31-15-17-7-3-1-4-8-17/h1-14,16,21H,15H2,(H,27,30)(H,26,28,29)/t21-/m1/s1. The molecule has 0 saturated heterocycles. The van der Waals surface area contributed by atoms with Crippen molar-refractivity contribution in [3.63, 3.8) is 0 Å². The molecular formula is C24H20N4O3S. The Bertz CT molecular complexity index is 1170. The van der Waals surface area contributed by atoms with Crippen LogP contribution in [0.25, 0.3) is 11.3 Å². The van der Waals surface area contributed by atoms with E-state index in [4.69, 9.17) is 4.74 Å². The van der Waals surface area contributed by atoms with Crippen LogP contribution in [0.2, 0.25) is 0 Å². The van der Waals surface area contributed by atoms with Gasteiger partial charge < -0.3 is 10.1 Å². The first-order chi connectivity index (χ1) is 15.7. The number of pyridine rings is 1. The van der Waals surface area contributed by atoms with Crippen LogP contribution in [0, 0.1) is 0 Å². The molecule has 0 aliphatic heterocycles. The van der Waals surface area contributed by atoms with Crippen LogP contribution in [0.4, 0.5) is 9.93 Å². The number of alkyl carbamates (subject to hydrolysis) is 1. The lowest BCUT2D eigenvalue weighted by Crippen LogP contribution is -2.37. The number of benzene rings is 2. The number of carbonyl (C=O) groups is 2. The van der Waals surface area contributed by atoms with Gasteiger partial charge in [-0.25, -0.2) is 9.78 Å². The second-order valence-corrected chi connectivity index (χ2v) is 7.67. The first kappa shape index (κ1) is 21.2. The van der Waals surface area contributed by atoms with Gasteiger partial charge in [0.05, 0.1) is 5.69 Å². The molecule has 0 aliphatic carbocycles. The van der Waals surface area contributed by atoms with E-state index in [1.165, 1.54) is 11.3 Å². The Labute approximate surface area is 189 Å². The number of thiazole rings is 1. The third-order valence-corrected chi connectivity index (χ3v) is 5.34. The summed E-state index contributed by atoms with van der Waals surface area (Å²) in [7, 11) is 0. The van der Waals surface area contributed by atoms with Crippen molar-refractivity contribution in [1.82, 2.24) is 15.3 Å². The average Bonchev–Trinajstić information content (AvgIpc) is 3.31. The summed E-state index contributed by atoms with van der Waals surface area (Å²) in [6.45, 7) is 0.109. The van der Waals surface area contributed by atoms with Crippen LogP contribution in [-0.2, 0) is 16.1 Å². The molecule has 4 rings (SSSR count). The molecule has 2 N–H and O–H groups in total. The Morgan fingerprint density at radius 3 is 2.34 bits per heavy atom. The van der Waals surface area contributed by atoms with E-state index < -0.39 is 18.0 Å². The van der Waals surface area contributed by atoms with E-state index in [0.717, 1.165) is 16.8 Å². The van der Waals surface area contributed by atoms with Crippen LogP contribution >= 0.6 is 11.3 Å². The van der Waals surface area contributed by atoms with E-state index in [1.54, 1.807) is 36.7 Å². The van der Waals surface area contributed by atoms with Gasteiger partial charge in [0.15, 0.2) is 5.13 Å². The van der Waals surface area contributed by atoms with Crippen LogP contribution < -0.4 is 10.6 Å². The number of amides is 2. The Hall–Kier alpha value is -4.04. The quantitative estimate of drug-likeness (QED) is 0.427. The van der Waals surface area contributed by atoms with Gasteiger partial charge >= 0.3 is 6.09 Å². The normalized spacial score (nSPS) is 11.4. The second-order valence-electron chi connectivity index (χ2n) is 6.81. The highest BCUT2D eigenvalue weighted by molar-refractivity contribution is 7.14. The molecule has 0 aliphatic rings. The number of carbonyl (C=O) groups excluding carboxylic acids is 2. The fourth-order valence-electron chi connectivity index (χ4n) is 2.99. The van der Waals surface area contributed by atoms with Crippen molar-refractivity contribution in [2.75, 3.05) is 5.32 Å². The molecule has 0 bridgehead atoms. The Morgan fingerprint density at radius 2 is 1.62 bits per heavy atom. The van der Waals surface area contributed by atoms with Crippen LogP contribution in [0.3, 0.4) is 0 Å². The molecule has 0 radical (unpaired) electrons. The minimum atomic E-state index is -0.937. The third kappa shape index (κ3) is 5.55. The number of nitrogens with one attached hydrogen (secondary N) is 2. The summed E-state index contributed by atoms with van der Waals surface area (Å²) in [5, 5.41) is 7.73. The van der Waals surface area contributed by atoms with Crippen molar-refractivity contribution in [2.24, 2.45) is 0 Å². The van der Waals surface area contributed by atoms with Gasteiger partial charge in [-0.3, -0.25) is 15.1 Å². The summed E-state index contributed by atoms with van der Waals surface area (Å²) in [6.07, 6.45) is 2.68. The van der Waals surface area contributed by atoms with Gasteiger partial charge in [0.25, 0.3) is 5.91 Å². The number of rotatable bonds is 7. The fraction of sp³-hybridized carbons (Fsp3) is 0.0833. The van der Waals surface area contributed by atoms with Gasteiger partial charge in [-0.2, -0.15) is 0 Å². The summed E-state index contributed by atoms with van der Waals surface area (Å²) in [6, 6.07) is 21.1. The number of aromatic nitrogens is 2. The lowest BCUT2D eigenvalue weighted by Gasteiger charge is -2.18. The Balaban J connectivity index is 1.45. The number of ether oxygens (including phenoxy) is 1. The van der Waals surface area contributed by atoms with E-state index in [9.17, 15) is 9.59 Å². The lowest BCUT2D eigenvalue weighted by molar-refractivity contribution is -0.118. The average molecular weight is 445 g/mol. The molecule has 0 fully saturated rings. The minimum Gasteiger partial charge on any atom is -0.445 e. The van der Waals surface area contributed by atoms with Crippen LogP contribution in [0.15, 0.2) is 90.6 Å². The number of anilines is 1. The Kier molecular flexibility index (Phi) is 6.84. The first-order valence-electron chi connectivity index (χ1n) is 9.88. The minimum absolute atomic E-state index is 0.109. The zero-order valence-corrected chi connectivity index (χ0v) is 17.8. The highest BCUT2D eigenvalue weighted by Crippen LogP contribution is 2.25. The smallest absolute Gasteiger partial charge is 0.408 e. The van der Waals surface area contributed by atoms with Gasteiger partial charge in [0, 0.05) is 23.3 Å². The zero-order valence-electron chi connectivity index (χ0n) is 17.0. The van der Waals surface area contributed by atoms with Crippen LogP contribution in [-0.4, -0.2) is 22.0 Å². The molecule has 2 aromatic carbocycles. The summed E-state index contributed by atoms with van der Waals surface area (Å²) in [4.78, 5) is 33.9.